The van der Waals surface area contributed by atoms with Crippen LogP contribution in [0.15, 0.2) is 66.7 Å². The zero-order valence-corrected chi connectivity index (χ0v) is 17.1. The van der Waals surface area contributed by atoms with E-state index >= 15 is 0 Å². The monoisotopic (exact) mass is 402 g/mol. The lowest BCUT2D eigenvalue weighted by molar-refractivity contribution is 0.0467. The number of aryl methyl sites for hydroxylation is 1. The van der Waals surface area contributed by atoms with E-state index in [2.05, 4.69) is 0 Å². The van der Waals surface area contributed by atoms with Gasteiger partial charge in [-0.1, -0.05) is 48.0 Å². The Labute approximate surface area is 175 Å². The van der Waals surface area contributed by atoms with Crippen LogP contribution in [0.25, 0.3) is 0 Å². The minimum absolute atomic E-state index is 0.0871. The number of carbonyl (C=O) groups is 3. The molecule has 0 aromatic heterocycles. The first-order chi connectivity index (χ1) is 14.4. The third-order valence-electron chi connectivity index (χ3n) is 4.75. The fraction of sp³-hybridized carbons (Fsp3) is 0.160. The van der Waals surface area contributed by atoms with Crippen LogP contribution in [0, 0.1) is 6.92 Å². The molecule has 0 atom stereocenters. The summed E-state index contributed by atoms with van der Waals surface area (Å²) >= 11 is 0. The summed E-state index contributed by atoms with van der Waals surface area (Å²) in [4.78, 5) is 37.3. The highest BCUT2D eigenvalue weighted by Gasteiger charge is 2.20. The van der Waals surface area contributed by atoms with Crippen molar-refractivity contribution >= 4 is 17.5 Å². The number of rotatable bonds is 7. The highest BCUT2D eigenvalue weighted by molar-refractivity contribution is 6.14. The van der Waals surface area contributed by atoms with Crippen molar-refractivity contribution in [1.82, 2.24) is 0 Å². The van der Waals surface area contributed by atoms with Crippen molar-refractivity contribution in [3.05, 3.63) is 100 Å². The molecule has 3 aromatic rings. The smallest absolute Gasteiger partial charge is 0.339 e. The normalized spacial score (nSPS) is 10.4. The Bertz CT molecular complexity index is 1100. The van der Waals surface area contributed by atoms with Gasteiger partial charge in [0.15, 0.2) is 11.6 Å². The van der Waals surface area contributed by atoms with Gasteiger partial charge in [0.05, 0.1) is 12.7 Å². The molecule has 30 heavy (non-hydrogen) atoms. The molecule has 0 N–H and O–H groups in total. The summed E-state index contributed by atoms with van der Waals surface area (Å²) in [5, 5.41) is 0. The zero-order valence-electron chi connectivity index (χ0n) is 17.1. The molecule has 0 bridgehead atoms. The Morgan fingerprint density at radius 1 is 0.833 bits per heavy atom. The molecule has 0 aliphatic carbocycles. The molecule has 3 aromatic carbocycles. The van der Waals surface area contributed by atoms with Crippen LogP contribution >= 0.6 is 0 Å². The molecule has 0 aliphatic heterocycles. The van der Waals surface area contributed by atoms with Crippen molar-refractivity contribution in [2.75, 3.05) is 7.11 Å². The van der Waals surface area contributed by atoms with E-state index in [-0.39, 0.29) is 29.3 Å². The van der Waals surface area contributed by atoms with E-state index in [4.69, 9.17) is 9.47 Å². The molecule has 0 amide bonds. The van der Waals surface area contributed by atoms with Crippen LogP contribution in [-0.4, -0.2) is 24.6 Å². The second-order valence-electron chi connectivity index (χ2n) is 6.90. The molecule has 3 rings (SSSR count). The van der Waals surface area contributed by atoms with Crippen molar-refractivity contribution in [1.29, 1.82) is 0 Å². The molecule has 0 heterocycles. The molecular weight excluding hydrogens is 380 g/mol. The second-order valence-corrected chi connectivity index (χ2v) is 6.90. The Balaban J connectivity index is 1.83. The molecular formula is C25H22O5. The summed E-state index contributed by atoms with van der Waals surface area (Å²) in [7, 11) is 1.50. The van der Waals surface area contributed by atoms with Crippen LogP contribution in [0.1, 0.15) is 54.7 Å². The van der Waals surface area contributed by atoms with Gasteiger partial charge in [0.2, 0.25) is 0 Å². The first-order valence-electron chi connectivity index (χ1n) is 9.46. The number of methoxy groups -OCH3 is 1. The van der Waals surface area contributed by atoms with E-state index < -0.39 is 5.97 Å². The molecule has 0 saturated heterocycles. The summed E-state index contributed by atoms with van der Waals surface area (Å²) in [5.41, 5.74) is 3.07. The standard InChI is InChI=1S/C25H22O5/c1-16-8-10-18(11-9-16)24(27)21-6-4-5-7-22(21)25(28)30-15-20-14-19(17(2)26)12-13-23(20)29-3/h4-14H,15H2,1-3H3. The Morgan fingerprint density at radius 2 is 1.47 bits per heavy atom. The van der Waals surface area contributed by atoms with E-state index in [1.54, 1.807) is 54.6 Å². The molecule has 0 saturated carbocycles. The molecule has 0 fully saturated rings. The summed E-state index contributed by atoms with van der Waals surface area (Å²) in [6.07, 6.45) is 0. The van der Waals surface area contributed by atoms with E-state index in [9.17, 15) is 14.4 Å². The fourth-order valence-electron chi connectivity index (χ4n) is 3.05. The summed E-state index contributed by atoms with van der Waals surface area (Å²) < 4.78 is 10.7. The first-order valence-corrected chi connectivity index (χ1v) is 9.46. The van der Waals surface area contributed by atoms with Gasteiger partial charge in [0, 0.05) is 22.3 Å². The first kappa shape index (κ1) is 21.0. The SMILES string of the molecule is COc1ccc(C(C)=O)cc1COC(=O)c1ccccc1C(=O)c1ccc(C)cc1. The molecule has 0 spiro atoms. The third-order valence-corrected chi connectivity index (χ3v) is 4.75. The number of ketones is 2. The molecule has 0 unspecified atom stereocenters. The highest BCUT2D eigenvalue weighted by atomic mass is 16.5. The van der Waals surface area contributed by atoms with Crippen LogP contribution in [0.2, 0.25) is 0 Å². The molecule has 0 aliphatic rings. The van der Waals surface area contributed by atoms with Gasteiger partial charge >= 0.3 is 5.97 Å². The average molecular weight is 402 g/mol. The van der Waals surface area contributed by atoms with Crippen LogP contribution < -0.4 is 4.74 Å². The Kier molecular flexibility index (Phi) is 6.42. The number of carbonyl (C=O) groups excluding carboxylic acids is 3. The summed E-state index contributed by atoms with van der Waals surface area (Å²) in [5.74, 6) is -0.462. The van der Waals surface area contributed by atoms with Crippen LogP contribution in [0.4, 0.5) is 0 Å². The lowest BCUT2D eigenvalue weighted by Crippen LogP contribution is -2.13. The van der Waals surface area contributed by atoms with Gasteiger partial charge in [0.1, 0.15) is 12.4 Å². The summed E-state index contributed by atoms with van der Waals surface area (Å²) in [6.45, 7) is 3.32. The van der Waals surface area contributed by atoms with E-state index in [0.29, 0.717) is 22.4 Å². The van der Waals surface area contributed by atoms with E-state index in [0.717, 1.165) is 5.56 Å². The maximum absolute atomic E-state index is 12.9. The van der Waals surface area contributed by atoms with Crippen molar-refractivity contribution in [3.63, 3.8) is 0 Å². The van der Waals surface area contributed by atoms with Crippen molar-refractivity contribution < 1.29 is 23.9 Å². The fourth-order valence-corrected chi connectivity index (χ4v) is 3.05. The number of esters is 1. The van der Waals surface area contributed by atoms with Gasteiger partial charge in [-0.3, -0.25) is 9.59 Å². The van der Waals surface area contributed by atoms with Gasteiger partial charge in [-0.05, 0) is 38.1 Å². The minimum Gasteiger partial charge on any atom is -0.496 e. The average Bonchev–Trinajstić information content (AvgIpc) is 2.77. The van der Waals surface area contributed by atoms with Crippen LogP contribution in [0.3, 0.4) is 0 Å². The predicted octanol–water partition coefficient (Wildman–Crippen LogP) is 4.79. The maximum Gasteiger partial charge on any atom is 0.339 e. The number of Topliss-reactive ketones (excluding diaryl/α,β-unsaturated/α-hetero) is 1. The quantitative estimate of drug-likeness (QED) is 0.420. The Hall–Kier alpha value is -3.73. The van der Waals surface area contributed by atoms with E-state index in [1.807, 2.05) is 19.1 Å². The third kappa shape index (κ3) is 4.63. The van der Waals surface area contributed by atoms with Gasteiger partial charge in [-0.15, -0.1) is 0 Å². The van der Waals surface area contributed by atoms with Gasteiger partial charge in [0.25, 0.3) is 0 Å². The van der Waals surface area contributed by atoms with Crippen LogP contribution in [0.5, 0.6) is 5.75 Å². The number of hydrogen-bond donors (Lipinski definition) is 0. The van der Waals surface area contributed by atoms with Crippen molar-refractivity contribution in [3.8, 4) is 5.75 Å². The maximum atomic E-state index is 12.9. The van der Waals surface area contributed by atoms with E-state index in [1.165, 1.54) is 14.0 Å². The molecule has 0 radical (unpaired) electrons. The van der Waals surface area contributed by atoms with Gasteiger partial charge in [-0.25, -0.2) is 4.79 Å². The number of ether oxygens (including phenoxy) is 2. The van der Waals surface area contributed by atoms with Crippen LogP contribution in [-0.2, 0) is 11.3 Å². The molecule has 5 heteroatoms. The topological polar surface area (TPSA) is 69.7 Å². The number of hydrogen-bond acceptors (Lipinski definition) is 5. The lowest BCUT2D eigenvalue weighted by atomic mass is 9.98. The lowest BCUT2D eigenvalue weighted by Gasteiger charge is -2.12. The van der Waals surface area contributed by atoms with Crippen molar-refractivity contribution in [2.45, 2.75) is 20.5 Å². The minimum atomic E-state index is -0.624. The summed E-state index contributed by atoms with van der Waals surface area (Å²) in [6, 6.07) is 18.7. The van der Waals surface area contributed by atoms with Gasteiger partial charge < -0.3 is 9.47 Å². The zero-order chi connectivity index (χ0) is 21.7. The second kappa shape index (κ2) is 9.18. The largest absolute Gasteiger partial charge is 0.496 e. The molecule has 152 valence electrons. The Morgan fingerprint density at radius 3 is 2.10 bits per heavy atom. The van der Waals surface area contributed by atoms with Gasteiger partial charge in [-0.2, -0.15) is 0 Å². The van der Waals surface area contributed by atoms with Crippen molar-refractivity contribution in [2.24, 2.45) is 0 Å². The number of benzene rings is 3. The predicted molar refractivity (Wildman–Crippen MR) is 113 cm³/mol. The molecule has 5 nitrogen and oxygen atoms in total. The highest BCUT2D eigenvalue weighted by Crippen LogP contribution is 2.23.